The molecule has 0 radical (unpaired) electrons. The van der Waals surface area contributed by atoms with Gasteiger partial charge in [0.15, 0.2) is 19.3 Å². The van der Waals surface area contributed by atoms with Gasteiger partial charge in [0.2, 0.25) is 17.8 Å². The van der Waals surface area contributed by atoms with Crippen LogP contribution < -0.4 is 16.3 Å². The van der Waals surface area contributed by atoms with Gasteiger partial charge < -0.3 is 19.7 Å². The third kappa shape index (κ3) is 10.4. The molecule has 2 amide bonds. The molecule has 1 saturated carbocycles. The summed E-state index contributed by atoms with van der Waals surface area (Å²) in [6.07, 6.45) is 14.8. The van der Waals surface area contributed by atoms with E-state index in [1.165, 1.54) is 16.7 Å². The lowest BCUT2D eigenvalue weighted by molar-refractivity contribution is -0.535. The molecule has 66 heavy (non-hydrogen) atoms. The van der Waals surface area contributed by atoms with Crippen LogP contribution in [0.3, 0.4) is 0 Å². The molecule has 2 aliphatic heterocycles. The normalized spacial score (nSPS) is 19.5. The van der Waals surface area contributed by atoms with Crippen molar-refractivity contribution in [3.05, 3.63) is 106 Å². The van der Waals surface area contributed by atoms with Gasteiger partial charge in [-0.15, -0.1) is 0 Å². The van der Waals surface area contributed by atoms with Gasteiger partial charge in [-0.25, -0.2) is 18.7 Å². The number of aromatic nitrogens is 5. The van der Waals surface area contributed by atoms with Crippen molar-refractivity contribution in [2.75, 3.05) is 51.3 Å². The van der Waals surface area contributed by atoms with Crippen molar-refractivity contribution in [1.82, 2.24) is 33.9 Å². The van der Waals surface area contributed by atoms with E-state index < -0.39 is 17.8 Å². The number of aryl methyl sites for hydroxylation is 2. The summed E-state index contributed by atoms with van der Waals surface area (Å²) in [5, 5.41) is 16.9. The highest BCUT2D eigenvalue weighted by molar-refractivity contribution is 6.30. The van der Waals surface area contributed by atoms with Crippen LogP contribution in [0.1, 0.15) is 87.4 Å². The lowest BCUT2D eigenvalue weighted by Crippen LogP contribution is -2.44. The van der Waals surface area contributed by atoms with E-state index >= 15 is 0 Å². The van der Waals surface area contributed by atoms with Crippen LogP contribution in [0.2, 0.25) is 5.02 Å². The maximum atomic E-state index is 14.1. The monoisotopic (exact) mass is 918 g/mol. The van der Waals surface area contributed by atoms with Gasteiger partial charge in [-0.3, -0.25) is 28.9 Å². The summed E-state index contributed by atoms with van der Waals surface area (Å²) in [6.45, 7) is 6.56. The Bertz CT molecular complexity index is 2780. The molecule has 3 aromatic heterocycles. The Morgan fingerprint density at radius 3 is 2.50 bits per heavy atom. The number of imide groups is 1. The lowest BCUT2D eigenvalue weighted by atomic mass is 9.93. The number of anilines is 2. The number of nitrogens with one attached hydrogen (secondary N) is 2. The first-order chi connectivity index (χ1) is 32.1. The number of amides is 2. The summed E-state index contributed by atoms with van der Waals surface area (Å²) in [5.74, 6) is -0.805. The third-order valence-corrected chi connectivity index (χ3v) is 13.6. The topological polar surface area (TPSA) is 152 Å². The number of piperidine rings is 1. The van der Waals surface area contributed by atoms with Crippen molar-refractivity contribution in [2.45, 2.75) is 88.8 Å². The highest BCUT2D eigenvalue weighted by Crippen LogP contribution is 2.37. The molecule has 9 rings (SSSR count). The van der Waals surface area contributed by atoms with E-state index in [9.17, 15) is 23.9 Å². The quantitative estimate of drug-likeness (QED) is 0.0516. The number of aliphatic hydroxyl groups excluding tert-OH is 1. The number of carbonyl (C=O) groups is 2. The number of carbonyl (C=O) groups excluding carboxylic acids is 2. The van der Waals surface area contributed by atoms with Crippen molar-refractivity contribution in [1.29, 1.82) is 0 Å². The molecule has 0 spiro atoms. The fourth-order valence-electron chi connectivity index (χ4n) is 9.76. The summed E-state index contributed by atoms with van der Waals surface area (Å²) in [5.41, 5.74) is 6.90. The Kier molecular flexibility index (Phi) is 14.0. The highest BCUT2D eigenvalue weighted by atomic mass is 35.5. The lowest BCUT2D eigenvalue weighted by Gasteiger charge is -2.27. The maximum absolute atomic E-state index is 14.1. The first-order valence-electron chi connectivity index (χ1n) is 23.4. The number of hydrogen-bond donors (Lipinski definition) is 3. The fourth-order valence-corrected chi connectivity index (χ4v) is 9.98. The standard InChI is InChI=1S/C50H57ClFN9O5/c1-57-45-26-33(9-16-43(45)61(50(57)65)44-17-18-46(63)55-48(44)64)6-5-25-66-24-4-2-3-19-58-20-22-59(23-21-58)31-34-7-10-35(11-8-34)42-32-60(39-12-14-40(62)15-13-39)47-41(42)30-53-49(56-47)54-38-28-36(51)27-37(52)29-38/h7-11,16,26-32,39-40,44,62H,2-6,12-15,17-25H2,1H3,(H-,53,54,55,56,63,64)/p+1. The van der Waals surface area contributed by atoms with Gasteiger partial charge in [0.25, 0.3) is 0 Å². The predicted molar refractivity (Wildman–Crippen MR) is 254 cm³/mol. The highest BCUT2D eigenvalue weighted by Gasteiger charge is 2.31. The third-order valence-electron chi connectivity index (χ3n) is 13.4. The van der Waals surface area contributed by atoms with Crippen LogP contribution in [0.15, 0.2) is 77.9 Å². The van der Waals surface area contributed by atoms with E-state index in [1.807, 2.05) is 24.4 Å². The predicted octanol–water partition coefficient (Wildman–Crippen LogP) is 7.31. The number of unbranched alkanes of at least 4 members (excludes halogenated alkanes) is 2. The second-order valence-corrected chi connectivity index (χ2v) is 18.5. The van der Waals surface area contributed by atoms with Crippen LogP contribution in [0.5, 0.6) is 0 Å². The molecule has 3 N–H and O–H groups in total. The molecule has 1 aliphatic carbocycles. The summed E-state index contributed by atoms with van der Waals surface area (Å²) >= 11 is 6.10. The Morgan fingerprint density at radius 1 is 0.939 bits per heavy atom. The van der Waals surface area contributed by atoms with Crippen LogP contribution >= 0.6 is 11.6 Å². The Hall–Kier alpha value is -5.74. The number of piperazine rings is 1. The molecule has 14 nitrogen and oxygen atoms in total. The maximum Gasteiger partial charge on any atom is 0.329 e. The number of imidazole rings is 1. The van der Waals surface area contributed by atoms with Crippen LogP contribution in [0, 0.1) is 5.82 Å². The molecule has 346 valence electrons. The summed E-state index contributed by atoms with van der Waals surface area (Å²) < 4.78 is 27.8. The Labute approximate surface area is 388 Å². The molecule has 6 aromatic rings. The zero-order valence-electron chi connectivity index (χ0n) is 37.4. The number of rotatable bonds is 16. The number of aliphatic hydroxyl groups is 1. The van der Waals surface area contributed by atoms with Crippen molar-refractivity contribution < 1.29 is 28.4 Å². The van der Waals surface area contributed by atoms with Gasteiger partial charge in [0.1, 0.15) is 17.5 Å². The summed E-state index contributed by atoms with van der Waals surface area (Å²) in [6, 6.07) is 18.4. The smallest absolute Gasteiger partial charge is 0.329 e. The van der Waals surface area contributed by atoms with Crippen molar-refractivity contribution >= 4 is 63.3 Å². The van der Waals surface area contributed by atoms with E-state index in [2.05, 4.69) is 66.3 Å². The zero-order valence-corrected chi connectivity index (χ0v) is 38.2. The summed E-state index contributed by atoms with van der Waals surface area (Å²) in [7, 11) is 1.72. The zero-order chi connectivity index (χ0) is 45.7. The van der Waals surface area contributed by atoms with Crippen LogP contribution in [-0.2, 0) is 27.8 Å². The SMILES string of the molecule is Cn1c(=O)n(C2CCC(=O)NC2=O)c2ccc(CCCOCCCCCN3CC[N+](=Cc4ccc(-c5cn(C6CCC(O)CC6)c6nc(Nc7cc(F)cc(Cl)c7)ncc56)cc4)CC3)cc21. The molecule has 1 unspecified atom stereocenters. The average Bonchev–Trinajstić information content (AvgIpc) is 3.79. The number of hydrogen-bond acceptors (Lipinski definition) is 9. The van der Waals surface area contributed by atoms with Gasteiger partial charge in [0, 0.05) is 72.3 Å². The number of nitrogens with zero attached hydrogens (tertiary/aromatic N) is 7. The number of ether oxygens (including phenoxy) is 1. The molecule has 3 aromatic carbocycles. The largest absolute Gasteiger partial charge is 0.393 e. The molecule has 5 heterocycles. The van der Waals surface area contributed by atoms with E-state index in [0.29, 0.717) is 30.2 Å². The summed E-state index contributed by atoms with van der Waals surface area (Å²) in [4.78, 5) is 49.3. The minimum atomic E-state index is -0.682. The van der Waals surface area contributed by atoms with E-state index in [-0.39, 0.29) is 35.2 Å². The van der Waals surface area contributed by atoms with Gasteiger partial charge in [-0.1, -0.05) is 29.8 Å². The van der Waals surface area contributed by atoms with E-state index in [0.717, 1.165) is 136 Å². The minimum Gasteiger partial charge on any atom is -0.393 e. The molecule has 0 bridgehead atoms. The van der Waals surface area contributed by atoms with Crippen molar-refractivity contribution in [3.8, 4) is 11.1 Å². The Morgan fingerprint density at radius 2 is 1.73 bits per heavy atom. The molecular formula is C50H58ClFN9O5+. The van der Waals surface area contributed by atoms with Crippen LogP contribution in [0.25, 0.3) is 33.2 Å². The first kappa shape index (κ1) is 45.4. The van der Waals surface area contributed by atoms with Crippen LogP contribution in [-0.4, -0.2) is 108 Å². The first-order valence-corrected chi connectivity index (χ1v) is 23.8. The van der Waals surface area contributed by atoms with Gasteiger partial charge in [-0.05, 0) is 124 Å². The van der Waals surface area contributed by atoms with Crippen molar-refractivity contribution in [3.63, 3.8) is 0 Å². The molecule has 16 heteroatoms. The van der Waals surface area contributed by atoms with Gasteiger partial charge in [0.05, 0.1) is 30.2 Å². The molecule has 1 atom stereocenters. The van der Waals surface area contributed by atoms with Gasteiger partial charge >= 0.3 is 5.69 Å². The number of halogens is 2. The molecule has 2 saturated heterocycles. The van der Waals surface area contributed by atoms with Gasteiger partial charge in [-0.2, -0.15) is 4.98 Å². The second kappa shape index (κ2) is 20.4. The second-order valence-electron chi connectivity index (χ2n) is 18.0. The molecule has 3 fully saturated rings. The molecular weight excluding hydrogens is 861 g/mol. The molecule has 3 aliphatic rings. The minimum absolute atomic E-state index is 0.200. The van der Waals surface area contributed by atoms with E-state index in [4.69, 9.17) is 21.3 Å². The number of fused-ring (bicyclic) bond motifs is 2. The average molecular weight is 920 g/mol. The van der Waals surface area contributed by atoms with Crippen LogP contribution in [0.4, 0.5) is 16.0 Å². The fraction of sp³-hybridized carbons (Fsp3) is 0.440. The Balaban J connectivity index is 0.711. The number of benzene rings is 3. The van der Waals surface area contributed by atoms with Crippen molar-refractivity contribution in [2.24, 2.45) is 7.05 Å². The van der Waals surface area contributed by atoms with E-state index in [1.54, 1.807) is 17.7 Å².